The summed E-state index contributed by atoms with van der Waals surface area (Å²) in [7, 11) is 1.59. The first-order chi connectivity index (χ1) is 16.1. The van der Waals surface area contributed by atoms with Gasteiger partial charge in [-0.3, -0.25) is 9.59 Å². The van der Waals surface area contributed by atoms with Gasteiger partial charge in [0, 0.05) is 29.1 Å². The number of fused-ring (bicyclic) bond motifs is 1. The molecule has 0 spiro atoms. The highest BCUT2D eigenvalue weighted by Crippen LogP contribution is 2.42. The van der Waals surface area contributed by atoms with Gasteiger partial charge in [0.05, 0.1) is 16.2 Å². The van der Waals surface area contributed by atoms with E-state index in [2.05, 4.69) is 5.32 Å². The van der Waals surface area contributed by atoms with Crippen LogP contribution in [0.5, 0.6) is 0 Å². The van der Waals surface area contributed by atoms with E-state index in [0.717, 1.165) is 22.6 Å². The predicted molar refractivity (Wildman–Crippen MR) is 128 cm³/mol. The van der Waals surface area contributed by atoms with Crippen molar-refractivity contribution in [2.24, 2.45) is 0 Å². The van der Waals surface area contributed by atoms with Crippen LogP contribution < -0.4 is 10.2 Å². The van der Waals surface area contributed by atoms with Crippen LogP contribution >= 0.6 is 23.4 Å². The van der Waals surface area contributed by atoms with Crippen LogP contribution in [0.1, 0.15) is 27.0 Å². The lowest BCUT2D eigenvalue weighted by Gasteiger charge is -2.27. The number of thioether (sulfide) groups is 1. The molecule has 34 heavy (non-hydrogen) atoms. The van der Waals surface area contributed by atoms with E-state index in [1.807, 2.05) is 18.2 Å². The van der Waals surface area contributed by atoms with Gasteiger partial charge in [-0.15, -0.1) is 0 Å². The van der Waals surface area contributed by atoms with Gasteiger partial charge in [0.2, 0.25) is 0 Å². The molecule has 1 aliphatic rings. The van der Waals surface area contributed by atoms with E-state index in [4.69, 9.17) is 11.6 Å². The number of nitrogens with one attached hydrogen (secondary N) is 1. The average Bonchev–Trinajstić information content (AvgIpc) is 2.81. The molecule has 0 radical (unpaired) electrons. The van der Waals surface area contributed by atoms with Crippen molar-refractivity contribution in [3.8, 4) is 0 Å². The Morgan fingerprint density at radius 3 is 2.47 bits per heavy atom. The average molecular weight is 503 g/mol. The Morgan fingerprint density at radius 1 is 1.09 bits per heavy atom. The Kier molecular flexibility index (Phi) is 6.72. The molecule has 2 amide bonds. The van der Waals surface area contributed by atoms with Crippen LogP contribution in [0.3, 0.4) is 0 Å². The Balaban J connectivity index is 1.52. The number of amides is 2. The van der Waals surface area contributed by atoms with Crippen molar-refractivity contribution in [3.05, 3.63) is 98.9 Å². The molecule has 174 valence electrons. The summed E-state index contributed by atoms with van der Waals surface area (Å²) in [5.41, 5.74) is 1.49. The maximum Gasteiger partial charge on any atom is 0.416 e. The van der Waals surface area contributed by atoms with Gasteiger partial charge in [-0.2, -0.15) is 13.2 Å². The molecule has 4 nitrogen and oxygen atoms in total. The van der Waals surface area contributed by atoms with Gasteiger partial charge in [0.1, 0.15) is 0 Å². The molecule has 1 heterocycles. The molecule has 3 aromatic carbocycles. The molecule has 0 aromatic heterocycles. The van der Waals surface area contributed by atoms with E-state index in [9.17, 15) is 22.8 Å². The van der Waals surface area contributed by atoms with Crippen LogP contribution in [0.4, 0.5) is 18.9 Å². The third kappa shape index (κ3) is 5.13. The van der Waals surface area contributed by atoms with Gasteiger partial charge < -0.3 is 10.2 Å². The van der Waals surface area contributed by atoms with Gasteiger partial charge in [0.25, 0.3) is 11.8 Å². The highest BCUT2D eigenvalue weighted by molar-refractivity contribution is 8.04. The fraction of sp³-hybridized carbons (Fsp3) is 0.120. The molecule has 1 aliphatic heterocycles. The zero-order valence-corrected chi connectivity index (χ0v) is 19.4. The SMILES string of the molecule is CN1C(=O)/C(=C/c2ccc(C(F)(F)F)cc2)Sc2ccc(C(=O)NCc3ccccc3Cl)cc21. The number of nitrogens with zero attached hydrogens (tertiary/aromatic N) is 1. The number of rotatable bonds is 4. The van der Waals surface area contributed by atoms with E-state index in [1.165, 1.54) is 28.8 Å². The molecule has 0 fully saturated rings. The van der Waals surface area contributed by atoms with E-state index in [0.29, 0.717) is 26.7 Å². The Morgan fingerprint density at radius 2 is 1.79 bits per heavy atom. The first-order valence-electron chi connectivity index (χ1n) is 10.1. The van der Waals surface area contributed by atoms with Crippen molar-refractivity contribution < 1.29 is 22.8 Å². The van der Waals surface area contributed by atoms with Crippen molar-refractivity contribution >= 4 is 46.9 Å². The molecule has 1 N–H and O–H groups in total. The van der Waals surface area contributed by atoms with Gasteiger partial charge in [-0.25, -0.2) is 0 Å². The third-order valence-corrected chi connectivity index (χ3v) is 6.70. The zero-order valence-electron chi connectivity index (χ0n) is 17.8. The quantitative estimate of drug-likeness (QED) is 0.420. The summed E-state index contributed by atoms with van der Waals surface area (Å²) in [5.74, 6) is -0.620. The Hall–Kier alpha value is -3.23. The van der Waals surface area contributed by atoms with Gasteiger partial charge in [0.15, 0.2) is 0 Å². The van der Waals surface area contributed by atoms with Crippen LogP contribution in [0, 0.1) is 0 Å². The molecule has 0 bridgehead atoms. The van der Waals surface area contributed by atoms with Crippen LogP contribution in [-0.2, 0) is 17.5 Å². The van der Waals surface area contributed by atoms with Crippen molar-refractivity contribution in [3.63, 3.8) is 0 Å². The van der Waals surface area contributed by atoms with Gasteiger partial charge in [-0.05, 0) is 53.6 Å². The Labute approximate surface area is 203 Å². The molecular weight excluding hydrogens is 485 g/mol. The number of benzene rings is 3. The maximum absolute atomic E-state index is 12.9. The molecular formula is C25H18ClF3N2O2S. The van der Waals surface area contributed by atoms with Crippen LogP contribution in [0.15, 0.2) is 76.5 Å². The normalized spacial score (nSPS) is 14.8. The summed E-state index contributed by atoms with van der Waals surface area (Å²) in [5, 5.41) is 3.38. The predicted octanol–water partition coefficient (Wildman–Crippen LogP) is 6.40. The smallest absolute Gasteiger partial charge is 0.348 e. The fourth-order valence-electron chi connectivity index (χ4n) is 3.37. The number of alkyl halides is 3. The topological polar surface area (TPSA) is 49.4 Å². The zero-order chi connectivity index (χ0) is 24.5. The minimum absolute atomic E-state index is 0.263. The summed E-state index contributed by atoms with van der Waals surface area (Å²) < 4.78 is 38.4. The standard InChI is InChI=1S/C25H18ClF3N2O2S/c1-31-20-13-16(23(32)30-14-17-4-2-3-5-19(17)26)8-11-21(20)34-22(24(31)33)12-15-6-9-18(10-7-15)25(27,28)29/h2-13H,14H2,1H3,(H,30,32)/b22-12-. The number of anilines is 1. The monoisotopic (exact) mass is 502 g/mol. The molecule has 4 rings (SSSR count). The Bertz CT molecular complexity index is 1290. The van der Waals surface area contributed by atoms with Crippen LogP contribution in [-0.4, -0.2) is 18.9 Å². The minimum Gasteiger partial charge on any atom is -0.348 e. The lowest BCUT2D eigenvalue weighted by molar-refractivity contribution is -0.137. The molecule has 0 atom stereocenters. The summed E-state index contributed by atoms with van der Waals surface area (Å²) in [6.45, 7) is 0.263. The number of halogens is 4. The van der Waals surface area contributed by atoms with E-state index in [-0.39, 0.29) is 18.4 Å². The van der Waals surface area contributed by atoms with Crippen LogP contribution in [0.2, 0.25) is 5.02 Å². The largest absolute Gasteiger partial charge is 0.416 e. The number of likely N-dealkylation sites (N-methyl/N-ethyl adjacent to an activating group) is 1. The fourth-order valence-corrected chi connectivity index (χ4v) is 4.67. The van der Waals surface area contributed by atoms with Gasteiger partial charge >= 0.3 is 6.18 Å². The summed E-state index contributed by atoms with van der Waals surface area (Å²) >= 11 is 7.33. The maximum atomic E-state index is 12.9. The highest BCUT2D eigenvalue weighted by Gasteiger charge is 2.30. The van der Waals surface area contributed by atoms with Crippen molar-refractivity contribution in [1.82, 2.24) is 5.32 Å². The van der Waals surface area contributed by atoms with Crippen molar-refractivity contribution in [2.45, 2.75) is 17.6 Å². The number of hydrogen-bond donors (Lipinski definition) is 1. The summed E-state index contributed by atoms with van der Waals surface area (Å²) in [6.07, 6.45) is -2.87. The van der Waals surface area contributed by atoms with Crippen LogP contribution in [0.25, 0.3) is 6.08 Å². The number of carbonyl (C=O) groups is 2. The summed E-state index contributed by atoms with van der Waals surface area (Å²) in [6, 6.07) is 16.9. The minimum atomic E-state index is -4.42. The lowest BCUT2D eigenvalue weighted by atomic mass is 10.1. The molecule has 0 saturated heterocycles. The van der Waals surface area contributed by atoms with E-state index < -0.39 is 11.7 Å². The van der Waals surface area contributed by atoms with Crippen molar-refractivity contribution in [2.75, 3.05) is 11.9 Å². The second-order valence-corrected chi connectivity index (χ2v) is 9.04. The highest BCUT2D eigenvalue weighted by atomic mass is 35.5. The second-order valence-electron chi connectivity index (χ2n) is 7.55. The third-order valence-electron chi connectivity index (χ3n) is 5.25. The first-order valence-corrected chi connectivity index (χ1v) is 11.3. The van der Waals surface area contributed by atoms with Crippen molar-refractivity contribution in [1.29, 1.82) is 0 Å². The molecule has 0 unspecified atom stereocenters. The number of carbonyl (C=O) groups excluding carboxylic acids is 2. The molecule has 0 aliphatic carbocycles. The second kappa shape index (κ2) is 9.56. The molecule has 9 heteroatoms. The van der Waals surface area contributed by atoms with E-state index >= 15 is 0 Å². The molecule has 0 saturated carbocycles. The lowest BCUT2D eigenvalue weighted by Crippen LogP contribution is -2.31. The summed E-state index contributed by atoms with van der Waals surface area (Å²) in [4.78, 5) is 28.1. The molecule has 3 aromatic rings. The van der Waals surface area contributed by atoms with E-state index in [1.54, 1.807) is 37.4 Å². The number of hydrogen-bond acceptors (Lipinski definition) is 3. The van der Waals surface area contributed by atoms with Gasteiger partial charge in [-0.1, -0.05) is 53.7 Å². The first kappa shape index (κ1) is 23.9.